The van der Waals surface area contributed by atoms with Crippen molar-refractivity contribution >= 4 is 47.1 Å². The Morgan fingerprint density at radius 3 is 2.03 bits per heavy atom. The Hall–Kier alpha value is -1.96. The number of carbonyl (C=O) groups excluding carboxylic acids is 1. The zero-order valence-electron chi connectivity index (χ0n) is 17.6. The average Bonchev–Trinajstić information content (AvgIpc) is 3.27. The van der Waals surface area contributed by atoms with Gasteiger partial charge in [-0.05, 0) is 53.7 Å². The summed E-state index contributed by atoms with van der Waals surface area (Å²) in [5, 5.41) is 2.46. The van der Waals surface area contributed by atoms with E-state index in [1.165, 1.54) is 22.9 Å². The van der Waals surface area contributed by atoms with Crippen LogP contribution in [0.4, 0.5) is 0 Å². The fourth-order valence-electron chi connectivity index (χ4n) is 3.77. The van der Waals surface area contributed by atoms with Gasteiger partial charge in [-0.2, -0.15) is 0 Å². The van der Waals surface area contributed by atoms with Gasteiger partial charge in [0.25, 0.3) is 8.32 Å². The maximum Gasteiger partial charge on any atom is 0.261 e. The van der Waals surface area contributed by atoms with Gasteiger partial charge in [-0.1, -0.05) is 81.4 Å². The van der Waals surface area contributed by atoms with E-state index in [4.69, 9.17) is 8.84 Å². The summed E-state index contributed by atoms with van der Waals surface area (Å²) in [5.41, 5.74) is 0.567. The van der Waals surface area contributed by atoms with E-state index in [9.17, 15) is 4.79 Å². The van der Waals surface area contributed by atoms with Gasteiger partial charge in [-0.15, -0.1) is 0 Å². The van der Waals surface area contributed by atoms with E-state index in [-0.39, 0.29) is 10.8 Å². The summed E-state index contributed by atoms with van der Waals surface area (Å²) in [6, 6.07) is 22.9. The molecule has 0 bridgehead atoms. The summed E-state index contributed by atoms with van der Waals surface area (Å²) < 4.78 is 12.8. The third kappa shape index (κ3) is 5.02. The predicted molar refractivity (Wildman–Crippen MR) is 133 cm³/mol. The van der Waals surface area contributed by atoms with Crippen LogP contribution in [0.5, 0.6) is 0 Å². The van der Waals surface area contributed by atoms with Crippen molar-refractivity contribution in [3.8, 4) is 0 Å². The highest BCUT2D eigenvalue weighted by atomic mass is 127. The van der Waals surface area contributed by atoms with E-state index in [1.807, 2.05) is 12.1 Å². The largest absolute Gasteiger partial charge is 0.472 e. The Balaban J connectivity index is 1.87. The fraction of sp³-hybridized carbons (Fsp3) is 0.240. The molecule has 0 saturated carbocycles. The van der Waals surface area contributed by atoms with Crippen LogP contribution in [0.15, 0.2) is 93.3 Å². The van der Waals surface area contributed by atoms with E-state index in [0.29, 0.717) is 18.6 Å². The first kappa shape index (κ1) is 22.7. The van der Waals surface area contributed by atoms with Gasteiger partial charge in [-0.25, -0.2) is 0 Å². The van der Waals surface area contributed by atoms with Crippen LogP contribution < -0.4 is 10.4 Å². The number of ketones is 1. The van der Waals surface area contributed by atoms with Gasteiger partial charge in [0.1, 0.15) is 6.26 Å². The first-order valence-corrected chi connectivity index (χ1v) is 13.0. The second-order valence-electron chi connectivity index (χ2n) is 8.23. The number of allylic oxidation sites excluding steroid dienone is 1. The van der Waals surface area contributed by atoms with Gasteiger partial charge in [-0.3, -0.25) is 4.79 Å². The Labute approximate surface area is 193 Å². The summed E-state index contributed by atoms with van der Waals surface area (Å²) in [5.74, 6) is -0.0430. The minimum Gasteiger partial charge on any atom is -0.472 e. The van der Waals surface area contributed by atoms with E-state index in [0.717, 1.165) is 3.58 Å². The number of hydrogen-bond donors (Lipinski definition) is 0. The molecule has 0 radical (unpaired) electrons. The van der Waals surface area contributed by atoms with Gasteiger partial charge in [0, 0.05) is 13.0 Å². The molecule has 0 amide bonds. The number of benzene rings is 2. The molecule has 0 saturated heterocycles. The molecule has 0 unspecified atom stereocenters. The molecule has 0 N–H and O–H groups in total. The number of rotatable bonds is 8. The third-order valence-corrected chi connectivity index (χ3v) is 11.1. The standard InChI is InChI=1S/C25H27IO3Si/c1-25(2,3)30(22-10-6-4-7-11-22,23-12-8-5-9-13-23)29-17-15-21(26)18-24(27)20-14-16-28-19-20/h4-14,16,18-19H,15,17H2,1-3H3/b21-18-. The molecule has 0 fully saturated rings. The van der Waals surface area contributed by atoms with Crippen LogP contribution in [0.25, 0.3) is 0 Å². The predicted octanol–water partition coefficient (Wildman–Crippen LogP) is 5.75. The third-order valence-electron chi connectivity index (χ3n) is 5.17. The lowest BCUT2D eigenvalue weighted by atomic mass is 10.2. The molecule has 0 aliphatic carbocycles. The van der Waals surface area contributed by atoms with Crippen molar-refractivity contribution in [1.82, 2.24) is 0 Å². The molecule has 3 nitrogen and oxygen atoms in total. The SMILES string of the molecule is CC(C)(C)[Si](OCC/C(I)=C/C(=O)c1ccoc1)(c1ccccc1)c1ccccc1. The lowest BCUT2D eigenvalue weighted by Gasteiger charge is -2.43. The first-order chi connectivity index (χ1) is 14.3. The molecular formula is C25H27IO3Si. The minimum absolute atomic E-state index is 0.0430. The van der Waals surface area contributed by atoms with E-state index < -0.39 is 8.32 Å². The quantitative estimate of drug-likeness (QED) is 0.161. The maximum absolute atomic E-state index is 12.3. The van der Waals surface area contributed by atoms with E-state index in [1.54, 1.807) is 12.1 Å². The molecule has 2 aromatic carbocycles. The van der Waals surface area contributed by atoms with Crippen molar-refractivity contribution in [3.05, 3.63) is 94.5 Å². The Bertz CT molecular complexity index is 935. The van der Waals surface area contributed by atoms with Crippen LogP contribution in [0.2, 0.25) is 5.04 Å². The van der Waals surface area contributed by atoms with Gasteiger partial charge in [0.2, 0.25) is 0 Å². The van der Waals surface area contributed by atoms with Crippen LogP contribution >= 0.6 is 22.6 Å². The summed E-state index contributed by atoms with van der Waals surface area (Å²) in [7, 11) is -2.54. The van der Waals surface area contributed by atoms with Crippen molar-refractivity contribution in [1.29, 1.82) is 0 Å². The molecule has 0 aliphatic rings. The van der Waals surface area contributed by atoms with Crippen LogP contribution in [0.3, 0.4) is 0 Å². The second kappa shape index (κ2) is 9.90. The Morgan fingerprint density at radius 1 is 1.00 bits per heavy atom. The van der Waals surface area contributed by atoms with Crippen molar-refractivity contribution < 1.29 is 13.6 Å². The topological polar surface area (TPSA) is 39.4 Å². The molecule has 3 aromatic rings. The van der Waals surface area contributed by atoms with Gasteiger partial charge < -0.3 is 8.84 Å². The Morgan fingerprint density at radius 2 is 1.57 bits per heavy atom. The van der Waals surface area contributed by atoms with E-state index >= 15 is 0 Å². The van der Waals surface area contributed by atoms with Gasteiger partial charge in [0.05, 0.1) is 11.8 Å². The molecule has 156 valence electrons. The van der Waals surface area contributed by atoms with Crippen molar-refractivity contribution in [2.75, 3.05) is 6.61 Å². The normalized spacial score (nSPS) is 12.7. The van der Waals surface area contributed by atoms with Crippen molar-refractivity contribution in [2.24, 2.45) is 0 Å². The van der Waals surface area contributed by atoms with Gasteiger partial charge in [0.15, 0.2) is 5.78 Å². The minimum atomic E-state index is -2.54. The molecule has 0 atom stereocenters. The molecule has 3 rings (SSSR count). The average molecular weight is 530 g/mol. The highest BCUT2D eigenvalue weighted by molar-refractivity contribution is 14.1. The molecule has 30 heavy (non-hydrogen) atoms. The summed E-state index contributed by atoms with van der Waals surface area (Å²) in [4.78, 5) is 12.3. The van der Waals surface area contributed by atoms with E-state index in [2.05, 4.69) is 91.9 Å². The van der Waals surface area contributed by atoms with Crippen molar-refractivity contribution in [3.63, 3.8) is 0 Å². The molecular weight excluding hydrogens is 503 g/mol. The fourth-order valence-corrected chi connectivity index (χ4v) is 8.83. The smallest absolute Gasteiger partial charge is 0.261 e. The summed E-state index contributed by atoms with van der Waals surface area (Å²) >= 11 is 2.23. The molecule has 0 aliphatic heterocycles. The Kier molecular flexibility index (Phi) is 7.49. The number of hydrogen-bond acceptors (Lipinski definition) is 3. The lowest BCUT2D eigenvalue weighted by molar-refractivity contribution is 0.104. The number of carbonyl (C=O) groups is 1. The molecule has 5 heteroatoms. The van der Waals surface area contributed by atoms with Crippen LogP contribution in [-0.4, -0.2) is 20.7 Å². The van der Waals surface area contributed by atoms with Crippen LogP contribution in [-0.2, 0) is 4.43 Å². The summed E-state index contributed by atoms with van der Waals surface area (Å²) in [6.07, 6.45) is 5.34. The molecule has 1 heterocycles. The first-order valence-electron chi connectivity index (χ1n) is 10.0. The molecule has 0 spiro atoms. The maximum atomic E-state index is 12.3. The zero-order chi connectivity index (χ0) is 21.6. The van der Waals surface area contributed by atoms with Crippen molar-refractivity contribution in [2.45, 2.75) is 32.2 Å². The number of furan rings is 1. The van der Waals surface area contributed by atoms with Crippen LogP contribution in [0.1, 0.15) is 37.6 Å². The summed E-state index contributed by atoms with van der Waals surface area (Å²) in [6.45, 7) is 7.36. The number of halogens is 1. The second-order valence-corrected chi connectivity index (χ2v) is 13.9. The van der Waals surface area contributed by atoms with Crippen LogP contribution in [0, 0.1) is 0 Å². The highest BCUT2D eigenvalue weighted by Gasteiger charge is 2.49. The zero-order valence-corrected chi connectivity index (χ0v) is 20.8. The monoisotopic (exact) mass is 530 g/mol. The molecule has 1 aromatic heterocycles. The van der Waals surface area contributed by atoms with Gasteiger partial charge >= 0.3 is 0 Å². The lowest BCUT2D eigenvalue weighted by Crippen LogP contribution is -2.66. The highest BCUT2D eigenvalue weighted by Crippen LogP contribution is 2.37.